The van der Waals surface area contributed by atoms with Crippen LogP contribution in [0, 0.1) is 0 Å². The maximum Gasteiger partial charge on any atom is 0.416 e. The van der Waals surface area contributed by atoms with E-state index in [1.54, 1.807) is 0 Å². The third kappa shape index (κ3) is 4.86. The molecule has 0 unspecified atom stereocenters. The lowest BCUT2D eigenvalue weighted by Gasteiger charge is -2.14. The lowest BCUT2D eigenvalue weighted by Crippen LogP contribution is -2.18. The van der Waals surface area contributed by atoms with E-state index in [-0.39, 0.29) is 0 Å². The molecule has 0 spiro atoms. The van der Waals surface area contributed by atoms with Crippen molar-refractivity contribution in [3.63, 3.8) is 0 Å². The molecule has 8 nitrogen and oxygen atoms in total. The van der Waals surface area contributed by atoms with Gasteiger partial charge in [-0.1, -0.05) is 0 Å². The van der Waals surface area contributed by atoms with Gasteiger partial charge in [0.05, 0.1) is 11.1 Å². The van der Waals surface area contributed by atoms with Crippen LogP contribution in [0.4, 0.5) is 26.3 Å². The van der Waals surface area contributed by atoms with E-state index in [0.29, 0.717) is 24.3 Å². The second-order valence-corrected chi connectivity index (χ2v) is 8.44. The zero-order valence-corrected chi connectivity index (χ0v) is 19.5. The minimum atomic E-state index is -5.06. The lowest BCUT2D eigenvalue weighted by molar-refractivity contribution is -0.138. The molecule has 0 N–H and O–H groups in total. The van der Waals surface area contributed by atoms with Gasteiger partial charge in [0, 0.05) is 34.6 Å². The van der Waals surface area contributed by atoms with Crippen LogP contribution in [0.1, 0.15) is 75.6 Å². The van der Waals surface area contributed by atoms with Crippen molar-refractivity contribution in [2.75, 3.05) is 0 Å². The largest absolute Gasteiger partial charge is 0.416 e. The van der Waals surface area contributed by atoms with E-state index in [9.17, 15) is 45.5 Å². The molecule has 0 atom stereocenters. The first-order valence-corrected chi connectivity index (χ1v) is 11.0. The van der Waals surface area contributed by atoms with Gasteiger partial charge in [0.2, 0.25) is 23.2 Å². The third-order valence-electron chi connectivity index (χ3n) is 5.75. The maximum absolute atomic E-state index is 13.7. The van der Waals surface area contributed by atoms with Crippen LogP contribution >= 0.6 is 0 Å². The Morgan fingerprint density at radius 1 is 0.475 bits per heavy atom. The Morgan fingerprint density at radius 3 is 1.18 bits per heavy atom. The van der Waals surface area contributed by atoms with E-state index in [4.69, 9.17) is 0 Å². The zero-order valence-electron chi connectivity index (χ0n) is 19.5. The van der Waals surface area contributed by atoms with Crippen LogP contribution in [-0.2, 0) is 12.4 Å². The summed E-state index contributed by atoms with van der Waals surface area (Å²) in [5.74, 6) is -5.98. The number of ketones is 4. The number of nitrogens with zero attached hydrogens (tertiary/aromatic N) is 4. The van der Waals surface area contributed by atoms with Gasteiger partial charge in [0.15, 0.2) is 5.78 Å². The van der Waals surface area contributed by atoms with Crippen molar-refractivity contribution in [1.29, 1.82) is 0 Å². The number of aromatic nitrogens is 4. The molecule has 1 aliphatic rings. The molecule has 4 aromatic rings. The normalized spacial score (nSPS) is 13.9. The summed E-state index contributed by atoms with van der Waals surface area (Å²) in [6.07, 6.45) is -8.16. The molecule has 0 saturated heterocycles. The number of benzene rings is 2. The summed E-state index contributed by atoms with van der Waals surface area (Å²) in [4.78, 5) is 67.5. The Kier molecular flexibility index (Phi) is 6.12. The standard InChI is InChI=1S/C26H10F6N4O4/c27-25(28,29)15-7-11-5-13(9-15)20(38)17-1-3-33-23(35-17)22(40)24-34-4-2-18(36-24)21(39)14-6-12(19(11)37)8-16(10-14)26(30,31)32/h1-10H. The van der Waals surface area contributed by atoms with E-state index >= 15 is 0 Å². The molecule has 0 aliphatic carbocycles. The molecule has 0 radical (unpaired) electrons. The minimum absolute atomic E-state index is 0.371. The average Bonchev–Trinajstić information content (AvgIpc) is 2.93. The van der Waals surface area contributed by atoms with Gasteiger partial charge in [-0.25, -0.2) is 19.9 Å². The molecule has 5 rings (SSSR count). The number of carbonyl (C=O) groups excluding carboxylic acids is 4. The maximum atomic E-state index is 13.7. The van der Waals surface area contributed by atoms with Crippen molar-refractivity contribution < 1.29 is 45.5 Å². The fourth-order valence-electron chi connectivity index (χ4n) is 3.86. The Labute approximate surface area is 218 Å². The van der Waals surface area contributed by atoms with E-state index in [2.05, 4.69) is 19.9 Å². The van der Waals surface area contributed by atoms with Gasteiger partial charge in [0.1, 0.15) is 11.4 Å². The number of hydrogen-bond donors (Lipinski definition) is 0. The van der Waals surface area contributed by atoms with Crippen molar-refractivity contribution in [3.8, 4) is 0 Å². The number of rotatable bonds is 0. The van der Waals surface area contributed by atoms with Crippen LogP contribution in [0.25, 0.3) is 0 Å². The number of halogens is 6. The number of carbonyl (C=O) groups is 4. The predicted molar refractivity (Wildman–Crippen MR) is 121 cm³/mol. The van der Waals surface area contributed by atoms with Crippen molar-refractivity contribution in [3.05, 3.63) is 117 Å². The fraction of sp³-hybridized carbons (Fsp3) is 0.0769. The predicted octanol–water partition coefficient (Wildman–Crippen LogP) is 4.54. The number of alkyl halides is 6. The summed E-state index contributed by atoms with van der Waals surface area (Å²) in [6, 6.07) is 5.11. The monoisotopic (exact) mass is 556 g/mol. The van der Waals surface area contributed by atoms with Gasteiger partial charge in [-0.05, 0) is 48.5 Å². The van der Waals surface area contributed by atoms with Crippen molar-refractivity contribution in [1.82, 2.24) is 19.9 Å². The molecule has 0 saturated carbocycles. The Morgan fingerprint density at radius 2 is 0.825 bits per heavy atom. The topological polar surface area (TPSA) is 120 Å². The summed E-state index contributed by atoms with van der Waals surface area (Å²) in [5, 5.41) is 0. The van der Waals surface area contributed by atoms with Gasteiger partial charge >= 0.3 is 12.4 Å². The summed E-state index contributed by atoms with van der Waals surface area (Å²) in [5.41, 5.74) is -6.89. The van der Waals surface area contributed by atoms with E-state index < -0.39 is 91.9 Å². The van der Waals surface area contributed by atoms with Gasteiger partial charge in [0.25, 0.3) is 5.78 Å². The van der Waals surface area contributed by atoms with Crippen molar-refractivity contribution in [2.45, 2.75) is 12.4 Å². The summed E-state index contributed by atoms with van der Waals surface area (Å²) in [7, 11) is 0. The molecule has 2 aromatic heterocycles. The molecule has 14 heteroatoms. The van der Waals surface area contributed by atoms with Crippen molar-refractivity contribution >= 4 is 23.1 Å². The highest BCUT2D eigenvalue weighted by atomic mass is 19.4. The number of hydrogen-bond acceptors (Lipinski definition) is 8. The van der Waals surface area contributed by atoms with E-state index in [1.165, 1.54) is 0 Å². The highest BCUT2D eigenvalue weighted by Gasteiger charge is 2.35. The van der Waals surface area contributed by atoms with Crippen molar-refractivity contribution in [2.24, 2.45) is 0 Å². The van der Waals surface area contributed by atoms with Crippen LogP contribution in [-0.4, -0.2) is 43.1 Å². The Bertz CT molecular complexity index is 1640. The van der Waals surface area contributed by atoms with Crippen LogP contribution in [0.15, 0.2) is 60.9 Å². The molecule has 200 valence electrons. The molecular weight excluding hydrogens is 546 g/mol. The quantitative estimate of drug-likeness (QED) is 0.255. The molecule has 2 aromatic carbocycles. The molecule has 1 aliphatic heterocycles. The highest BCUT2D eigenvalue weighted by Crippen LogP contribution is 2.34. The minimum Gasteiger partial charge on any atom is -0.289 e. The smallest absolute Gasteiger partial charge is 0.289 e. The lowest BCUT2D eigenvalue weighted by atomic mass is 9.93. The number of fused-ring (bicyclic) bond motifs is 8. The first kappa shape index (κ1) is 26.5. The zero-order chi connectivity index (χ0) is 29.0. The first-order valence-electron chi connectivity index (χ1n) is 11.0. The third-order valence-corrected chi connectivity index (χ3v) is 5.75. The fourth-order valence-corrected chi connectivity index (χ4v) is 3.86. The molecular formula is C26H10F6N4O4. The van der Waals surface area contributed by atoms with Crippen LogP contribution in [0.5, 0.6) is 0 Å². The summed E-state index contributed by atoms with van der Waals surface area (Å²) >= 11 is 0. The van der Waals surface area contributed by atoms with Gasteiger partial charge in [-0.2, -0.15) is 26.3 Å². The SMILES string of the molecule is O=C1c2cc(cc(C(F)(F)F)c2)C(=O)c2ccnc(n2)C(=O)c2nccc(n2)C(=O)c2cc1cc(C(F)(F)F)c2. The molecule has 3 heterocycles. The second-order valence-electron chi connectivity index (χ2n) is 8.44. The Balaban J connectivity index is 1.84. The van der Waals surface area contributed by atoms with Gasteiger partial charge < -0.3 is 0 Å². The highest BCUT2D eigenvalue weighted by molar-refractivity contribution is 6.15. The van der Waals surface area contributed by atoms with Crippen LogP contribution < -0.4 is 0 Å². The molecule has 8 bridgehead atoms. The first-order chi connectivity index (χ1) is 18.7. The average molecular weight is 556 g/mol. The molecule has 0 fully saturated rings. The summed E-state index contributed by atoms with van der Waals surface area (Å²) < 4.78 is 82.2. The molecule has 40 heavy (non-hydrogen) atoms. The van der Waals surface area contributed by atoms with Crippen LogP contribution in [0.3, 0.4) is 0 Å². The van der Waals surface area contributed by atoms with Crippen LogP contribution in [0.2, 0.25) is 0 Å². The van der Waals surface area contributed by atoms with E-state index in [1.807, 2.05) is 0 Å². The van der Waals surface area contributed by atoms with E-state index in [0.717, 1.165) is 36.7 Å². The summed E-state index contributed by atoms with van der Waals surface area (Å²) in [6.45, 7) is 0. The second kappa shape index (κ2) is 9.25. The van der Waals surface area contributed by atoms with Gasteiger partial charge in [-0.3, -0.25) is 19.2 Å². The van der Waals surface area contributed by atoms with Gasteiger partial charge in [-0.15, -0.1) is 0 Å². The Hall–Kier alpha value is -5.14. The molecule has 0 amide bonds.